The zero-order valence-electron chi connectivity index (χ0n) is 6.00. The molecular weight excluding hydrogens is 130 g/mol. The molecule has 0 aliphatic heterocycles. The Bertz CT molecular complexity index is 227. The molecule has 1 aromatic heterocycles. The van der Waals surface area contributed by atoms with Crippen LogP contribution in [0.4, 0.5) is 0 Å². The lowest BCUT2D eigenvalue weighted by Crippen LogP contribution is -1.75. The van der Waals surface area contributed by atoms with E-state index in [-0.39, 0.29) is 0 Å². The van der Waals surface area contributed by atoms with Crippen LogP contribution in [0.2, 0.25) is 0 Å². The molecule has 0 bridgehead atoms. The highest BCUT2D eigenvalue weighted by atomic mass is 16.6. The Morgan fingerprint density at radius 1 is 1.60 bits per heavy atom. The minimum atomic E-state index is 0.708. The van der Waals surface area contributed by atoms with Crippen molar-refractivity contribution in [3.05, 3.63) is 23.7 Å². The van der Waals surface area contributed by atoms with Gasteiger partial charge in [-0.05, 0) is 19.1 Å². The highest BCUT2D eigenvalue weighted by molar-refractivity contribution is 5.75. The van der Waals surface area contributed by atoms with Crippen molar-refractivity contribution in [1.29, 1.82) is 0 Å². The summed E-state index contributed by atoms with van der Waals surface area (Å²) < 4.78 is 5.16. The molecule has 1 rings (SSSR count). The molecule has 0 spiro atoms. The van der Waals surface area contributed by atoms with Crippen molar-refractivity contribution < 1.29 is 9.25 Å². The number of nitrogens with zero attached hydrogens (tertiary/aromatic N) is 1. The van der Waals surface area contributed by atoms with Crippen molar-refractivity contribution in [2.75, 3.05) is 7.11 Å². The largest absolute Gasteiger partial charge is 0.460 e. The maximum absolute atomic E-state index is 5.16. The zero-order chi connectivity index (χ0) is 7.40. The lowest BCUT2D eigenvalue weighted by molar-refractivity contribution is 0.215. The summed E-state index contributed by atoms with van der Waals surface area (Å²) in [6.07, 6.45) is 1.52. The van der Waals surface area contributed by atoms with Crippen molar-refractivity contribution in [3.8, 4) is 0 Å². The van der Waals surface area contributed by atoms with Gasteiger partial charge in [0.2, 0.25) is 0 Å². The normalized spacial score (nSPS) is 10.6. The van der Waals surface area contributed by atoms with Crippen LogP contribution in [-0.4, -0.2) is 13.3 Å². The average molecular weight is 139 g/mol. The fourth-order valence-electron chi connectivity index (χ4n) is 0.627. The Balaban J connectivity index is 2.67. The summed E-state index contributed by atoms with van der Waals surface area (Å²) in [5.74, 6) is 1.58. The van der Waals surface area contributed by atoms with Gasteiger partial charge < -0.3 is 9.25 Å². The maximum atomic E-state index is 5.16. The van der Waals surface area contributed by atoms with E-state index in [0.717, 1.165) is 5.76 Å². The third-order valence-electron chi connectivity index (χ3n) is 1.05. The van der Waals surface area contributed by atoms with Gasteiger partial charge in [0.25, 0.3) is 0 Å². The molecule has 0 aliphatic rings. The van der Waals surface area contributed by atoms with Gasteiger partial charge >= 0.3 is 0 Å². The molecule has 0 radical (unpaired) electrons. The Hall–Kier alpha value is -1.25. The van der Waals surface area contributed by atoms with E-state index in [2.05, 4.69) is 9.99 Å². The molecular formula is C7H9NO2. The van der Waals surface area contributed by atoms with Gasteiger partial charge in [-0.25, -0.2) is 0 Å². The van der Waals surface area contributed by atoms with E-state index in [1.165, 1.54) is 13.3 Å². The molecule has 0 fully saturated rings. The molecule has 0 aromatic carbocycles. The molecule has 54 valence electrons. The third kappa shape index (κ3) is 1.62. The Morgan fingerprint density at radius 2 is 2.40 bits per heavy atom. The number of oxime groups is 1. The quantitative estimate of drug-likeness (QED) is 0.460. The third-order valence-corrected chi connectivity index (χ3v) is 1.05. The van der Waals surface area contributed by atoms with Crippen molar-refractivity contribution in [3.63, 3.8) is 0 Å². The number of rotatable bonds is 2. The molecule has 0 unspecified atom stereocenters. The van der Waals surface area contributed by atoms with Gasteiger partial charge in [0.1, 0.15) is 24.8 Å². The van der Waals surface area contributed by atoms with E-state index < -0.39 is 0 Å². The van der Waals surface area contributed by atoms with Crippen LogP contribution in [0.25, 0.3) is 0 Å². The van der Waals surface area contributed by atoms with Crippen LogP contribution in [0.3, 0.4) is 0 Å². The summed E-state index contributed by atoms with van der Waals surface area (Å²) in [6, 6.07) is 3.70. The van der Waals surface area contributed by atoms with Gasteiger partial charge in [-0.15, -0.1) is 0 Å². The number of hydrogen-bond acceptors (Lipinski definition) is 3. The van der Waals surface area contributed by atoms with Crippen molar-refractivity contribution in [1.82, 2.24) is 0 Å². The van der Waals surface area contributed by atoms with Gasteiger partial charge in [0.05, 0.1) is 0 Å². The molecule has 0 aliphatic carbocycles. The summed E-state index contributed by atoms with van der Waals surface area (Å²) in [6.45, 7) is 1.88. The van der Waals surface area contributed by atoms with Crippen molar-refractivity contribution in [2.45, 2.75) is 6.92 Å². The van der Waals surface area contributed by atoms with Gasteiger partial charge in [0, 0.05) is 0 Å². The minimum Gasteiger partial charge on any atom is -0.460 e. The van der Waals surface area contributed by atoms with Crippen molar-refractivity contribution in [2.24, 2.45) is 5.16 Å². The van der Waals surface area contributed by atoms with E-state index in [0.29, 0.717) is 5.76 Å². The van der Waals surface area contributed by atoms with Crippen LogP contribution < -0.4 is 0 Å². The van der Waals surface area contributed by atoms with Crippen LogP contribution in [0.1, 0.15) is 11.5 Å². The molecule has 1 heterocycles. The SMILES string of the molecule is CO/N=C/c1ccc(C)o1. The molecule has 0 amide bonds. The smallest absolute Gasteiger partial charge is 0.148 e. The van der Waals surface area contributed by atoms with Crippen molar-refractivity contribution >= 4 is 6.21 Å². The van der Waals surface area contributed by atoms with Crippen LogP contribution >= 0.6 is 0 Å². The predicted octanol–water partition coefficient (Wildman–Crippen LogP) is 1.57. The molecule has 10 heavy (non-hydrogen) atoms. The molecule has 3 nitrogen and oxygen atoms in total. The molecule has 0 saturated carbocycles. The Kier molecular flexibility index (Phi) is 2.10. The first-order valence-electron chi connectivity index (χ1n) is 2.96. The minimum absolute atomic E-state index is 0.708. The first-order chi connectivity index (χ1) is 4.83. The van der Waals surface area contributed by atoms with E-state index >= 15 is 0 Å². The fraction of sp³-hybridized carbons (Fsp3) is 0.286. The molecule has 0 atom stereocenters. The van der Waals surface area contributed by atoms with Gasteiger partial charge in [-0.1, -0.05) is 5.16 Å². The van der Waals surface area contributed by atoms with Gasteiger partial charge in [-0.2, -0.15) is 0 Å². The standard InChI is InChI=1S/C7H9NO2/c1-6-3-4-7(10-6)5-8-9-2/h3-5H,1-2H3/b8-5+. The highest BCUT2D eigenvalue weighted by Gasteiger charge is 1.91. The van der Waals surface area contributed by atoms with Crippen LogP contribution in [-0.2, 0) is 4.84 Å². The Labute approximate surface area is 59.3 Å². The number of hydrogen-bond donors (Lipinski definition) is 0. The van der Waals surface area contributed by atoms with Gasteiger partial charge in [0.15, 0.2) is 0 Å². The van der Waals surface area contributed by atoms with E-state index in [1.54, 1.807) is 0 Å². The molecule has 1 aromatic rings. The molecule has 0 N–H and O–H groups in total. The summed E-state index contributed by atoms with van der Waals surface area (Å²) >= 11 is 0. The topological polar surface area (TPSA) is 34.7 Å². The van der Waals surface area contributed by atoms with E-state index in [1.807, 2.05) is 19.1 Å². The number of aryl methyl sites for hydroxylation is 1. The zero-order valence-corrected chi connectivity index (χ0v) is 6.00. The van der Waals surface area contributed by atoms with Gasteiger partial charge in [-0.3, -0.25) is 0 Å². The second-order valence-corrected chi connectivity index (χ2v) is 1.87. The first kappa shape index (κ1) is 6.86. The predicted molar refractivity (Wildman–Crippen MR) is 38.0 cm³/mol. The van der Waals surface area contributed by atoms with Crippen LogP contribution in [0, 0.1) is 6.92 Å². The summed E-state index contributed by atoms with van der Waals surface area (Å²) in [7, 11) is 1.49. The maximum Gasteiger partial charge on any atom is 0.148 e. The van der Waals surface area contributed by atoms with E-state index in [4.69, 9.17) is 4.42 Å². The van der Waals surface area contributed by atoms with Crippen LogP contribution in [0.15, 0.2) is 21.7 Å². The first-order valence-corrected chi connectivity index (χ1v) is 2.96. The Morgan fingerprint density at radius 3 is 2.90 bits per heavy atom. The lowest BCUT2D eigenvalue weighted by Gasteiger charge is -1.83. The summed E-state index contributed by atoms with van der Waals surface area (Å²) in [5, 5.41) is 3.54. The summed E-state index contributed by atoms with van der Waals surface area (Å²) in [5.41, 5.74) is 0. The van der Waals surface area contributed by atoms with Crippen LogP contribution in [0.5, 0.6) is 0 Å². The number of furan rings is 1. The second kappa shape index (κ2) is 3.06. The highest BCUT2D eigenvalue weighted by Crippen LogP contribution is 2.02. The fourth-order valence-corrected chi connectivity index (χ4v) is 0.627. The molecule has 0 saturated heterocycles. The lowest BCUT2D eigenvalue weighted by atomic mass is 10.4. The molecule has 3 heteroatoms. The average Bonchev–Trinajstić information content (AvgIpc) is 2.31. The monoisotopic (exact) mass is 139 g/mol. The summed E-state index contributed by atoms with van der Waals surface area (Å²) in [4.78, 5) is 4.46. The second-order valence-electron chi connectivity index (χ2n) is 1.87. The van der Waals surface area contributed by atoms with E-state index in [9.17, 15) is 0 Å².